The zero-order chi connectivity index (χ0) is 36.5. The Kier molecular flexibility index (Phi) is 13.6. The van der Waals surface area contributed by atoms with Gasteiger partial charge in [-0.1, -0.05) is 138 Å². The molecule has 0 radical (unpaired) electrons. The van der Waals surface area contributed by atoms with E-state index in [9.17, 15) is 35.5 Å². The fourth-order valence-electron chi connectivity index (χ4n) is 6.37. The minimum atomic E-state index is -6.40. The number of hydrogen-bond donors (Lipinski definition) is 0. The van der Waals surface area contributed by atoms with E-state index in [1.54, 1.807) is 46.8 Å². The molecule has 2 atom stereocenters. The molecule has 3 rings (SSSR count). The van der Waals surface area contributed by atoms with Gasteiger partial charge in [-0.2, -0.15) is 30.7 Å². The van der Waals surface area contributed by atoms with E-state index in [4.69, 9.17) is 9.16 Å². The van der Waals surface area contributed by atoms with Crippen molar-refractivity contribution in [1.82, 2.24) is 0 Å². The van der Waals surface area contributed by atoms with Gasteiger partial charge < -0.3 is 14.0 Å². The van der Waals surface area contributed by atoms with Gasteiger partial charge in [-0.3, -0.25) is 0 Å². The van der Waals surface area contributed by atoms with Crippen LogP contribution in [0.4, 0.5) is 30.7 Å². The lowest BCUT2D eigenvalue weighted by Gasteiger charge is -2.43. The van der Waals surface area contributed by atoms with E-state index < -0.39 is 67.5 Å². The first-order valence-electron chi connectivity index (χ1n) is 16.4. The number of rotatable bonds is 18. The Morgan fingerprint density at radius 1 is 0.694 bits per heavy atom. The minimum absolute atomic E-state index is 0.118. The van der Waals surface area contributed by atoms with E-state index in [-0.39, 0.29) is 13.0 Å². The summed E-state index contributed by atoms with van der Waals surface area (Å²) < 4.78 is 109. The monoisotopic (exact) mass is 710 g/mol. The molecule has 0 aliphatic carbocycles. The molecular formula is C38H45F7O3Si. The predicted molar refractivity (Wildman–Crippen MR) is 180 cm³/mol. The van der Waals surface area contributed by atoms with Crippen molar-refractivity contribution in [1.29, 1.82) is 0 Å². The molecule has 268 valence electrons. The SMILES string of the molecule is CC(C)[Si](CCC(F)(F)C(F)(F)C(F)(F)F)(O[C@@H](CC=O)[C@H](C)/C=C/COC(c1ccccc1)(c1ccccc1)c1ccccc1)C(C)C. The van der Waals surface area contributed by atoms with Crippen LogP contribution in [0.5, 0.6) is 0 Å². The van der Waals surface area contributed by atoms with Crippen molar-refractivity contribution in [3.05, 3.63) is 120 Å². The molecule has 49 heavy (non-hydrogen) atoms. The van der Waals surface area contributed by atoms with E-state index in [1.165, 1.54) is 0 Å². The summed E-state index contributed by atoms with van der Waals surface area (Å²) in [5.41, 5.74) is 0.840. The lowest BCUT2D eigenvalue weighted by atomic mass is 9.80. The fraction of sp³-hybridized carbons (Fsp3) is 0.447. The normalized spacial score (nSPS) is 14.8. The maximum absolute atomic E-state index is 14.5. The summed E-state index contributed by atoms with van der Waals surface area (Å²) >= 11 is 0. The molecule has 0 unspecified atom stereocenters. The third-order valence-corrected chi connectivity index (χ3v) is 14.9. The van der Waals surface area contributed by atoms with Crippen molar-refractivity contribution in [2.45, 2.75) is 94.3 Å². The van der Waals surface area contributed by atoms with Crippen molar-refractivity contribution in [2.24, 2.45) is 5.92 Å². The zero-order valence-electron chi connectivity index (χ0n) is 28.4. The summed E-state index contributed by atoms with van der Waals surface area (Å²) in [6.45, 7) is 8.65. The van der Waals surface area contributed by atoms with Gasteiger partial charge in [0.2, 0.25) is 0 Å². The highest BCUT2D eigenvalue weighted by Crippen LogP contribution is 2.51. The Hall–Kier alpha value is -3.28. The number of aldehydes is 1. The highest BCUT2D eigenvalue weighted by Gasteiger charge is 2.72. The molecule has 11 heteroatoms. The second-order valence-corrected chi connectivity index (χ2v) is 17.9. The summed E-state index contributed by atoms with van der Waals surface area (Å²) in [6, 6.07) is 28.6. The molecule has 3 aromatic carbocycles. The standard InChI is InChI=1S/C38H45F7O3Si/c1-28(2)49(29(3)4,27-24-35(39,40)37(41,42)38(43,44)45)48-34(23-25-46)30(5)16-15-26-47-36(31-17-9-6-10-18-31,32-19-11-7-12-20-32)33-21-13-8-14-22-33/h6-22,25,28-30,34H,23-24,26-27H2,1-5H3/b16-15+/t30-,34+/m1/s1. The summed E-state index contributed by atoms with van der Waals surface area (Å²) in [5, 5.41) is 0. The lowest BCUT2D eigenvalue weighted by molar-refractivity contribution is -0.354. The molecule has 0 fully saturated rings. The Morgan fingerprint density at radius 2 is 1.12 bits per heavy atom. The van der Waals surface area contributed by atoms with Crippen LogP contribution in [0.25, 0.3) is 0 Å². The van der Waals surface area contributed by atoms with Crippen LogP contribution in [-0.2, 0) is 19.6 Å². The largest absolute Gasteiger partial charge is 0.459 e. The molecule has 0 spiro atoms. The highest BCUT2D eigenvalue weighted by atomic mass is 28.4. The Morgan fingerprint density at radius 3 is 1.49 bits per heavy atom. The van der Waals surface area contributed by atoms with Crippen molar-refractivity contribution in [3.63, 3.8) is 0 Å². The van der Waals surface area contributed by atoms with Crippen molar-refractivity contribution in [3.8, 4) is 0 Å². The van der Waals surface area contributed by atoms with Gasteiger partial charge in [0.15, 0.2) is 8.32 Å². The van der Waals surface area contributed by atoms with E-state index >= 15 is 0 Å². The third kappa shape index (κ3) is 8.91. The molecular weight excluding hydrogens is 665 g/mol. The number of carbonyl (C=O) groups excluding carboxylic acids is 1. The van der Waals surface area contributed by atoms with E-state index in [0.717, 1.165) is 16.7 Å². The van der Waals surface area contributed by atoms with Crippen LogP contribution in [0, 0.1) is 5.92 Å². The smallest absolute Gasteiger partial charge is 0.412 e. The first-order chi connectivity index (χ1) is 23.0. The molecule has 0 N–H and O–H groups in total. The molecule has 0 aromatic heterocycles. The van der Waals surface area contributed by atoms with Crippen LogP contribution in [-0.4, -0.2) is 45.3 Å². The lowest BCUT2D eigenvalue weighted by Crippen LogP contribution is -2.54. The van der Waals surface area contributed by atoms with Gasteiger partial charge in [0, 0.05) is 12.8 Å². The van der Waals surface area contributed by atoms with Gasteiger partial charge >= 0.3 is 18.0 Å². The molecule has 0 amide bonds. The first kappa shape index (κ1) is 40.1. The molecule has 0 bridgehead atoms. The number of ether oxygens (including phenoxy) is 1. The number of hydrogen-bond acceptors (Lipinski definition) is 3. The van der Waals surface area contributed by atoms with E-state index in [1.807, 2.05) is 91.0 Å². The average Bonchev–Trinajstić information content (AvgIpc) is 3.06. The molecule has 0 saturated heterocycles. The molecule has 3 nitrogen and oxygen atoms in total. The summed E-state index contributed by atoms with van der Waals surface area (Å²) in [7, 11) is -3.48. The van der Waals surface area contributed by atoms with Crippen molar-refractivity contribution in [2.75, 3.05) is 6.61 Å². The summed E-state index contributed by atoms with van der Waals surface area (Å²) in [6.07, 6.45) is -4.87. The Labute approximate surface area is 285 Å². The van der Waals surface area contributed by atoms with Gasteiger partial charge in [-0.25, -0.2) is 0 Å². The van der Waals surface area contributed by atoms with Crippen LogP contribution in [0.2, 0.25) is 17.1 Å². The number of halogens is 7. The van der Waals surface area contributed by atoms with Gasteiger partial charge in [0.25, 0.3) is 0 Å². The van der Waals surface area contributed by atoms with Gasteiger partial charge in [0.05, 0.1) is 12.7 Å². The predicted octanol–water partition coefficient (Wildman–Crippen LogP) is 11.2. The van der Waals surface area contributed by atoms with Crippen molar-refractivity contribution < 1.29 is 44.7 Å². The number of carbonyl (C=O) groups is 1. The molecule has 0 heterocycles. The van der Waals surface area contributed by atoms with Gasteiger partial charge in [-0.05, 0) is 39.7 Å². The quantitative estimate of drug-likeness (QED) is 0.0433. The van der Waals surface area contributed by atoms with Crippen LogP contribution in [0.3, 0.4) is 0 Å². The minimum Gasteiger partial charge on any atom is -0.412 e. The van der Waals surface area contributed by atoms with E-state index in [2.05, 4.69) is 0 Å². The molecule has 0 aliphatic rings. The zero-order valence-corrected chi connectivity index (χ0v) is 29.4. The van der Waals surface area contributed by atoms with Gasteiger partial charge in [-0.15, -0.1) is 0 Å². The van der Waals surface area contributed by atoms with Crippen LogP contribution in [0.1, 0.15) is 64.2 Å². The number of alkyl halides is 7. The summed E-state index contributed by atoms with van der Waals surface area (Å²) in [4.78, 5) is 11.8. The fourth-order valence-corrected chi connectivity index (χ4v) is 11.1. The highest BCUT2D eigenvalue weighted by molar-refractivity contribution is 6.76. The van der Waals surface area contributed by atoms with E-state index in [0.29, 0.717) is 6.29 Å². The first-order valence-corrected chi connectivity index (χ1v) is 18.6. The van der Waals surface area contributed by atoms with Crippen molar-refractivity contribution >= 4 is 14.6 Å². The number of benzene rings is 3. The maximum atomic E-state index is 14.5. The van der Waals surface area contributed by atoms with Crippen LogP contribution >= 0.6 is 0 Å². The summed E-state index contributed by atoms with van der Waals surface area (Å²) in [5.74, 6) is -12.0. The molecule has 3 aromatic rings. The Bertz CT molecular complexity index is 1360. The van der Waals surface area contributed by atoms with Gasteiger partial charge in [0.1, 0.15) is 11.9 Å². The maximum Gasteiger partial charge on any atom is 0.459 e. The van der Waals surface area contributed by atoms with Crippen LogP contribution < -0.4 is 0 Å². The van der Waals surface area contributed by atoms with Crippen LogP contribution in [0.15, 0.2) is 103 Å². The second kappa shape index (κ2) is 16.6. The third-order valence-electron chi connectivity index (χ3n) is 9.26. The topological polar surface area (TPSA) is 35.5 Å². The Balaban J connectivity index is 1.91. The molecule has 0 aliphatic heterocycles. The average molecular weight is 711 g/mol. The second-order valence-electron chi connectivity index (χ2n) is 13.0. The molecule has 0 saturated carbocycles.